The Morgan fingerprint density at radius 1 is 1.22 bits per heavy atom. The summed E-state index contributed by atoms with van der Waals surface area (Å²) in [7, 11) is 6.31. The molecule has 0 unspecified atom stereocenters. The molecule has 18 heavy (non-hydrogen) atoms. The van der Waals surface area contributed by atoms with Crippen LogP contribution in [0.3, 0.4) is 0 Å². The molecule has 0 atom stereocenters. The van der Waals surface area contributed by atoms with Gasteiger partial charge in [0.2, 0.25) is 5.72 Å². The zero-order valence-corrected chi connectivity index (χ0v) is 11.6. The van der Waals surface area contributed by atoms with Crippen LogP contribution < -0.4 is 10.3 Å². The molecule has 0 saturated heterocycles. The monoisotopic (exact) mass is 238 g/mol. The molecule has 0 bridgehead atoms. The van der Waals surface area contributed by atoms with Crippen molar-refractivity contribution in [2.75, 3.05) is 0 Å². The smallest absolute Gasteiger partial charge is 0.244 e. The van der Waals surface area contributed by atoms with Crippen molar-refractivity contribution in [1.82, 2.24) is 4.57 Å². The van der Waals surface area contributed by atoms with Crippen LogP contribution in [0, 0.1) is 13.8 Å². The summed E-state index contributed by atoms with van der Waals surface area (Å²) in [5.74, 6) is 0. The fraction of sp³-hybridized carbons (Fsp3) is 0.267. The van der Waals surface area contributed by atoms with Crippen molar-refractivity contribution in [1.29, 1.82) is 0 Å². The van der Waals surface area contributed by atoms with E-state index in [1.807, 2.05) is 18.2 Å². The summed E-state index contributed by atoms with van der Waals surface area (Å²) in [5.41, 5.74) is 5.92. The van der Waals surface area contributed by atoms with Crippen molar-refractivity contribution >= 4 is 18.5 Å². The quantitative estimate of drug-likeness (QED) is 0.565. The van der Waals surface area contributed by atoms with Crippen molar-refractivity contribution in [3.63, 3.8) is 0 Å². The Morgan fingerprint density at radius 3 is 2.33 bits per heavy atom. The number of imidazole rings is 1. The molecule has 0 fully saturated rings. The Labute approximate surface area is 110 Å². The van der Waals surface area contributed by atoms with Gasteiger partial charge in [0, 0.05) is 13.8 Å². The fourth-order valence-corrected chi connectivity index (χ4v) is 2.14. The molecule has 1 heterocycles. The Hall–Kier alpha value is -1.77. The summed E-state index contributed by atoms with van der Waals surface area (Å²) in [4.78, 5) is 0. The third-order valence-corrected chi connectivity index (χ3v) is 3.67. The van der Waals surface area contributed by atoms with Crippen molar-refractivity contribution in [2.24, 2.45) is 14.1 Å². The number of aromatic nitrogens is 2. The molecule has 1 aromatic carbocycles. The zero-order valence-electron chi connectivity index (χ0n) is 11.6. The van der Waals surface area contributed by atoms with Gasteiger partial charge in [0.05, 0.1) is 14.1 Å². The molecule has 1 aromatic heterocycles. The second-order valence-electron chi connectivity index (χ2n) is 4.68. The first-order valence-corrected chi connectivity index (χ1v) is 6.13. The first-order chi connectivity index (χ1) is 8.52. The lowest BCUT2D eigenvalue weighted by molar-refractivity contribution is -0.659. The van der Waals surface area contributed by atoms with Crippen molar-refractivity contribution in [3.05, 3.63) is 53.9 Å². The van der Waals surface area contributed by atoms with E-state index in [1.165, 1.54) is 17.1 Å². The summed E-state index contributed by atoms with van der Waals surface area (Å²) < 4.78 is 4.40. The molecule has 0 spiro atoms. The van der Waals surface area contributed by atoms with E-state index in [0.29, 0.717) is 0 Å². The van der Waals surface area contributed by atoms with E-state index in [0.717, 1.165) is 11.0 Å². The van der Waals surface area contributed by atoms with Crippen LogP contribution in [0.15, 0.2) is 36.9 Å². The van der Waals surface area contributed by atoms with Gasteiger partial charge in [-0.3, -0.25) is 0 Å². The van der Waals surface area contributed by atoms with Crippen LogP contribution in [0.25, 0.3) is 5.47 Å². The van der Waals surface area contributed by atoms with Gasteiger partial charge in [0.1, 0.15) is 11.4 Å². The van der Waals surface area contributed by atoms with Gasteiger partial charge in [-0.2, -0.15) is 0 Å². The molecule has 2 rings (SSSR count). The van der Waals surface area contributed by atoms with E-state index in [1.54, 1.807) is 0 Å². The third kappa shape index (κ3) is 2.13. The van der Waals surface area contributed by atoms with Crippen LogP contribution in [-0.4, -0.2) is 11.8 Å². The zero-order chi connectivity index (χ0) is 13.3. The average molecular weight is 238 g/mol. The first-order valence-electron chi connectivity index (χ1n) is 6.13. The fourth-order valence-electron chi connectivity index (χ4n) is 2.14. The SMILES string of the molecule is C=C([B]c1n(C)c(C)c(C)[n+]1C)c1ccccc1. The van der Waals surface area contributed by atoms with E-state index < -0.39 is 0 Å². The van der Waals surface area contributed by atoms with Crippen LogP contribution in [0.5, 0.6) is 0 Å². The largest absolute Gasteiger partial charge is 0.306 e. The summed E-state index contributed by atoms with van der Waals surface area (Å²) in [6.45, 7) is 8.43. The highest BCUT2D eigenvalue weighted by atomic mass is 15.1. The number of hydrogen-bond acceptors (Lipinski definition) is 0. The van der Waals surface area contributed by atoms with Gasteiger partial charge in [-0.25, -0.2) is 9.13 Å². The molecule has 2 nitrogen and oxygen atoms in total. The van der Waals surface area contributed by atoms with Crippen LogP contribution in [-0.2, 0) is 14.1 Å². The molecule has 91 valence electrons. The molecular formula is C15H19BN2+. The van der Waals surface area contributed by atoms with E-state index >= 15 is 0 Å². The predicted octanol–water partition coefficient (Wildman–Crippen LogP) is 1.47. The molecule has 0 aliphatic heterocycles. The van der Waals surface area contributed by atoms with Crippen LogP contribution >= 0.6 is 0 Å². The maximum atomic E-state index is 4.16. The molecule has 0 N–H and O–H groups in total. The van der Waals surface area contributed by atoms with Gasteiger partial charge in [-0.1, -0.05) is 35.8 Å². The normalized spacial score (nSPS) is 10.4. The first kappa shape index (κ1) is 12.7. The molecule has 0 saturated carbocycles. The van der Waals surface area contributed by atoms with Crippen LogP contribution in [0.2, 0.25) is 0 Å². The maximum absolute atomic E-state index is 4.16. The third-order valence-electron chi connectivity index (χ3n) is 3.67. The lowest BCUT2D eigenvalue weighted by Gasteiger charge is -2.03. The molecular weight excluding hydrogens is 219 g/mol. The molecule has 0 amide bonds. The minimum atomic E-state index is 1.03. The highest BCUT2D eigenvalue weighted by Gasteiger charge is 2.22. The van der Waals surface area contributed by atoms with Crippen molar-refractivity contribution < 1.29 is 4.57 Å². The molecule has 3 heteroatoms. The second-order valence-corrected chi connectivity index (χ2v) is 4.68. The standard InChI is InChI=1S/C15H19BN2/c1-11(14-9-7-6-8-10-14)16-15-17(4)12(2)13(3)18(15)5/h6-10H,1H2,2-5H3/q+1. The lowest BCUT2D eigenvalue weighted by atomic mass is 9.66. The predicted molar refractivity (Wildman–Crippen MR) is 76.9 cm³/mol. The average Bonchev–Trinajstić information content (AvgIpc) is 2.57. The second kappa shape index (κ2) is 4.85. The van der Waals surface area contributed by atoms with Gasteiger partial charge in [0.25, 0.3) is 0 Å². The van der Waals surface area contributed by atoms with Crippen molar-refractivity contribution in [2.45, 2.75) is 13.8 Å². The van der Waals surface area contributed by atoms with E-state index in [-0.39, 0.29) is 0 Å². The lowest BCUT2D eigenvalue weighted by Crippen LogP contribution is -2.51. The Balaban J connectivity index is 2.31. The topological polar surface area (TPSA) is 8.81 Å². The minimum absolute atomic E-state index is 1.03. The van der Waals surface area contributed by atoms with Crippen molar-refractivity contribution in [3.8, 4) is 0 Å². The summed E-state index contributed by atoms with van der Waals surface area (Å²) in [5, 5.41) is 0. The Bertz CT molecular complexity index is 557. The molecule has 1 radical (unpaired) electrons. The number of nitrogens with zero attached hydrogens (tertiary/aromatic N) is 2. The van der Waals surface area contributed by atoms with E-state index in [9.17, 15) is 0 Å². The Kier molecular flexibility index (Phi) is 3.42. The van der Waals surface area contributed by atoms with Gasteiger partial charge in [-0.15, -0.1) is 6.58 Å². The summed E-state index contributed by atoms with van der Waals surface area (Å²) in [6.07, 6.45) is 0. The van der Waals surface area contributed by atoms with Gasteiger partial charge in [-0.05, 0) is 5.56 Å². The molecule has 0 aliphatic rings. The maximum Gasteiger partial charge on any atom is 0.306 e. The number of hydrogen-bond donors (Lipinski definition) is 0. The Morgan fingerprint density at radius 2 is 1.83 bits per heavy atom. The van der Waals surface area contributed by atoms with Crippen LogP contribution in [0.1, 0.15) is 17.0 Å². The summed E-state index contributed by atoms with van der Waals surface area (Å²) >= 11 is 0. The highest BCUT2D eigenvalue weighted by molar-refractivity contribution is 6.71. The summed E-state index contributed by atoms with van der Waals surface area (Å²) in [6, 6.07) is 10.3. The minimum Gasteiger partial charge on any atom is -0.244 e. The number of benzene rings is 1. The molecule has 0 aliphatic carbocycles. The molecule has 2 aromatic rings. The van der Waals surface area contributed by atoms with Gasteiger partial charge < -0.3 is 0 Å². The van der Waals surface area contributed by atoms with E-state index in [4.69, 9.17) is 0 Å². The number of rotatable bonds is 3. The van der Waals surface area contributed by atoms with Gasteiger partial charge in [0.15, 0.2) is 0 Å². The van der Waals surface area contributed by atoms with Crippen LogP contribution in [0.4, 0.5) is 0 Å². The van der Waals surface area contributed by atoms with E-state index in [2.05, 4.69) is 63.1 Å². The van der Waals surface area contributed by atoms with Gasteiger partial charge >= 0.3 is 7.28 Å². The highest BCUT2D eigenvalue weighted by Crippen LogP contribution is 2.09.